The molecule has 1 aliphatic carbocycles. The highest BCUT2D eigenvalue weighted by Crippen LogP contribution is 2.29. The zero-order valence-electron chi connectivity index (χ0n) is 5.69. The van der Waals surface area contributed by atoms with Gasteiger partial charge < -0.3 is 0 Å². The fourth-order valence-electron chi connectivity index (χ4n) is 1.53. The van der Waals surface area contributed by atoms with Gasteiger partial charge in [-0.3, -0.25) is 0 Å². The molecular formula is C7H14B. The summed E-state index contributed by atoms with van der Waals surface area (Å²) in [5.74, 6) is 0.986. The van der Waals surface area contributed by atoms with E-state index >= 15 is 0 Å². The second-order valence-electron chi connectivity index (χ2n) is 2.69. The molecule has 0 unspecified atom stereocenters. The van der Waals surface area contributed by atoms with Crippen LogP contribution in [0.1, 0.15) is 32.6 Å². The van der Waals surface area contributed by atoms with Crippen LogP contribution in [-0.2, 0) is 0 Å². The van der Waals surface area contributed by atoms with Crippen molar-refractivity contribution in [3.63, 3.8) is 0 Å². The van der Waals surface area contributed by atoms with Crippen molar-refractivity contribution in [2.24, 2.45) is 0 Å². The van der Waals surface area contributed by atoms with Crippen LogP contribution >= 0.6 is 0 Å². The molecule has 1 saturated carbocycles. The first kappa shape index (κ1) is 6.19. The second kappa shape index (κ2) is 3.16. The van der Waals surface area contributed by atoms with Crippen LogP contribution in [0.15, 0.2) is 0 Å². The van der Waals surface area contributed by atoms with Gasteiger partial charge in [-0.2, -0.15) is 0 Å². The summed E-state index contributed by atoms with van der Waals surface area (Å²) in [7, 11) is 2.47. The third kappa shape index (κ3) is 1.54. The topological polar surface area (TPSA) is 0 Å². The predicted molar refractivity (Wildman–Crippen MR) is 38.5 cm³/mol. The van der Waals surface area contributed by atoms with E-state index in [1.54, 1.807) is 0 Å². The summed E-state index contributed by atoms with van der Waals surface area (Å²) >= 11 is 0. The Morgan fingerprint density at radius 1 is 1.38 bits per heavy atom. The Morgan fingerprint density at radius 3 is 2.50 bits per heavy atom. The minimum Gasteiger partial charge on any atom is -0.0827 e. The van der Waals surface area contributed by atoms with Crippen molar-refractivity contribution in [2.75, 3.05) is 0 Å². The summed E-state index contributed by atoms with van der Waals surface area (Å²) < 4.78 is 0. The van der Waals surface area contributed by atoms with Gasteiger partial charge in [0.05, 0.1) is 0 Å². The summed E-state index contributed by atoms with van der Waals surface area (Å²) in [6, 6.07) is 0. The van der Waals surface area contributed by atoms with Gasteiger partial charge in [0.25, 0.3) is 0 Å². The van der Waals surface area contributed by atoms with Crippen LogP contribution in [0.4, 0.5) is 0 Å². The Labute approximate surface area is 52.9 Å². The Morgan fingerprint density at radius 2 is 2.00 bits per heavy atom. The van der Waals surface area contributed by atoms with Gasteiger partial charge in [-0.15, -0.1) is 0 Å². The quantitative estimate of drug-likeness (QED) is 0.478. The summed E-state index contributed by atoms with van der Waals surface area (Å²) in [5.41, 5.74) is 0. The van der Waals surface area contributed by atoms with E-state index < -0.39 is 0 Å². The molecule has 0 atom stereocenters. The molecule has 0 heterocycles. The Balaban J connectivity index is 2.06. The van der Waals surface area contributed by atoms with Crippen LogP contribution in [0.5, 0.6) is 0 Å². The molecule has 0 N–H and O–H groups in total. The van der Waals surface area contributed by atoms with Crippen molar-refractivity contribution in [1.82, 2.24) is 0 Å². The fourth-order valence-corrected chi connectivity index (χ4v) is 1.53. The third-order valence-corrected chi connectivity index (χ3v) is 1.97. The molecule has 0 aromatic rings. The highest BCUT2D eigenvalue weighted by molar-refractivity contribution is 6.37. The fraction of sp³-hybridized carbons (Fsp3) is 1.00. The number of hydrogen-bond donors (Lipinski definition) is 0. The van der Waals surface area contributed by atoms with E-state index in [0.29, 0.717) is 0 Å². The van der Waals surface area contributed by atoms with E-state index in [4.69, 9.17) is 0 Å². The molecule has 0 aromatic carbocycles. The average molecular weight is 109 g/mol. The van der Waals surface area contributed by atoms with E-state index in [-0.39, 0.29) is 0 Å². The first-order chi connectivity index (χ1) is 3.93. The monoisotopic (exact) mass is 109 g/mol. The molecule has 1 aliphatic rings. The van der Waals surface area contributed by atoms with E-state index in [0.717, 1.165) is 5.82 Å². The van der Waals surface area contributed by atoms with Crippen LogP contribution in [0.25, 0.3) is 0 Å². The van der Waals surface area contributed by atoms with Crippen LogP contribution in [0.3, 0.4) is 0 Å². The van der Waals surface area contributed by atoms with E-state index in [9.17, 15) is 0 Å². The Hall–Kier alpha value is 0.0649. The van der Waals surface area contributed by atoms with Crippen molar-refractivity contribution in [1.29, 1.82) is 0 Å². The molecule has 0 aliphatic heterocycles. The van der Waals surface area contributed by atoms with Crippen LogP contribution in [-0.4, -0.2) is 7.28 Å². The maximum Gasteiger partial charge on any atom is 0.113 e. The van der Waals surface area contributed by atoms with E-state index in [1.807, 2.05) is 0 Å². The molecule has 1 heteroatoms. The summed E-state index contributed by atoms with van der Waals surface area (Å²) in [6.07, 6.45) is 7.15. The van der Waals surface area contributed by atoms with Gasteiger partial charge in [-0.1, -0.05) is 44.7 Å². The van der Waals surface area contributed by atoms with Crippen LogP contribution < -0.4 is 0 Å². The molecule has 0 nitrogen and oxygen atoms in total. The van der Waals surface area contributed by atoms with Crippen molar-refractivity contribution >= 4 is 7.28 Å². The number of rotatable bonds is 2. The molecule has 1 rings (SSSR count). The maximum atomic E-state index is 2.47. The van der Waals surface area contributed by atoms with Crippen LogP contribution in [0, 0.1) is 0 Å². The lowest BCUT2D eigenvalue weighted by Gasteiger charge is -2.01. The maximum absolute atomic E-state index is 2.47. The third-order valence-electron chi connectivity index (χ3n) is 1.97. The second-order valence-corrected chi connectivity index (χ2v) is 2.69. The zero-order chi connectivity index (χ0) is 5.82. The van der Waals surface area contributed by atoms with E-state index in [2.05, 4.69) is 14.2 Å². The summed E-state index contributed by atoms with van der Waals surface area (Å²) in [4.78, 5) is 0. The average Bonchev–Trinajstić information content (AvgIpc) is 2.19. The molecule has 1 radical (unpaired) electrons. The largest absolute Gasteiger partial charge is 0.113 e. The number of hydrogen-bond acceptors (Lipinski definition) is 0. The van der Waals surface area contributed by atoms with Crippen LogP contribution in [0.2, 0.25) is 12.1 Å². The highest BCUT2D eigenvalue weighted by atomic mass is 14.1. The molecular weight excluding hydrogens is 94.9 g/mol. The molecule has 0 saturated heterocycles. The predicted octanol–water partition coefficient (Wildman–Crippen LogP) is 2.49. The van der Waals surface area contributed by atoms with Gasteiger partial charge >= 0.3 is 0 Å². The van der Waals surface area contributed by atoms with Crippen molar-refractivity contribution in [2.45, 2.75) is 44.7 Å². The van der Waals surface area contributed by atoms with Gasteiger partial charge in [0.15, 0.2) is 0 Å². The highest BCUT2D eigenvalue weighted by Gasteiger charge is 2.13. The smallest absolute Gasteiger partial charge is 0.0827 e. The lowest BCUT2D eigenvalue weighted by Crippen LogP contribution is -1.95. The first-order valence-corrected chi connectivity index (χ1v) is 3.77. The van der Waals surface area contributed by atoms with Crippen molar-refractivity contribution < 1.29 is 0 Å². The molecule has 0 amide bonds. The standard InChI is InChI=1S/C7H14B/c1-2-8-7-5-3-4-6-7/h7H,2-6H2,1H3. The minimum absolute atomic E-state index is 0.986. The van der Waals surface area contributed by atoms with Gasteiger partial charge in [-0.05, 0) is 0 Å². The lowest BCUT2D eigenvalue weighted by molar-refractivity contribution is 0.863. The first-order valence-electron chi connectivity index (χ1n) is 3.77. The Kier molecular flexibility index (Phi) is 2.45. The van der Waals surface area contributed by atoms with Gasteiger partial charge in [-0.25, -0.2) is 0 Å². The molecule has 0 bridgehead atoms. The molecule has 0 aromatic heterocycles. The summed E-state index contributed by atoms with van der Waals surface area (Å²) in [5, 5.41) is 0. The SMILES string of the molecule is CC[B]C1CCCC1. The molecule has 8 heavy (non-hydrogen) atoms. The minimum atomic E-state index is 0.986. The normalized spacial score (nSPS) is 21.6. The Bertz CT molecular complexity index is 55.4. The zero-order valence-corrected chi connectivity index (χ0v) is 5.69. The molecule has 45 valence electrons. The lowest BCUT2D eigenvalue weighted by atomic mass is 9.62. The van der Waals surface area contributed by atoms with Gasteiger partial charge in [0.1, 0.15) is 7.28 Å². The molecule has 0 spiro atoms. The van der Waals surface area contributed by atoms with Crippen molar-refractivity contribution in [3.05, 3.63) is 0 Å². The molecule has 1 fully saturated rings. The van der Waals surface area contributed by atoms with Crippen molar-refractivity contribution in [3.8, 4) is 0 Å². The summed E-state index contributed by atoms with van der Waals surface area (Å²) in [6.45, 7) is 2.23. The van der Waals surface area contributed by atoms with Gasteiger partial charge in [0, 0.05) is 0 Å². The van der Waals surface area contributed by atoms with Gasteiger partial charge in [0.2, 0.25) is 0 Å². The van der Waals surface area contributed by atoms with E-state index in [1.165, 1.54) is 32.0 Å².